The lowest BCUT2D eigenvalue weighted by atomic mass is 9.95. The van der Waals surface area contributed by atoms with Crippen LogP contribution in [-0.4, -0.2) is 49.1 Å². The summed E-state index contributed by atoms with van der Waals surface area (Å²) >= 11 is 6.51. The fourth-order valence-electron chi connectivity index (χ4n) is 3.72. The topological polar surface area (TPSA) is 35.6 Å². The summed E-state index contributed by atoms with van der Waals surface area (Å²) in [6, 6.07) is 16.1. The van der Waals surface area contributed by atoms with E-state index in [0.717, 1.165) is 42.6 Å². The van der Waals surface area contributed by atoms with Crippen LogP contribution in [-0.2, 0) is 0 Å². The molecule has 1 saturated heterocycles. The number of rotatable bonds is 4. The highest BCUT2D eigenvalue weighted by Gasteiger charge is 2.25. The van der Waals surface area contributed by atoms with Gasteiger partial charge in [-0.1, -0.05) is 54.1 Å². The number of amides is 2. The molecule has 1 N–H and O–H groups in total. The van der Waals surface area contributed by atoms with Crippen LogP contribution in [0.1, 0.15) is 31.4 Å². The monoisotopic (exact) mass is 385 g/mol. The van der Waals surface area contributed by atoms with Crippen molar-refractivity contribution in [2.45, 2.75) is 31.8 Å². The summed E-state index contributed by atoms with van der Waals surface area (Å²) in [6.45, 7) is 4.08. The van der Waals surface area contributed by atoms with Crippen LogP contribution in [0.25, 0.3) is 11.1 Å². The number of urea groups is 1. The van der Waals surface area contributed by atoms with Crippen LogP contribution in [0, 0.1) is 0 Å². The molecule has 0 radical (unpaired) electrons. The van der Waals surface area contributed by atoms with Gasteiger partial charge in [0.15, 0.2) is 0 Å². The van der Waals surface area contributed by atoms with E-state index in [-0.39, 0.29) is 12.1 Å². The Kier molecular flexibility index (Phi) is 6.40. The van der Waals surface area contributed by atoms with E-state index in [2.05, 4.69) is 17.3 Å². The molecule has 2 amide bonds. The van der Waals surface area contributed by atoms with Crippen molar-refractivity contribution < 1.29 is 4.79 Å². The summed E-state index contributed by atoms with van der Waals surface area (Å²) in [5, 5.41) is 3.85. The number of nitrogens with zero attached hydrogens (tertiary/aromatic N) is 2. The Morgan fingerprint density at radius 3 is 2.48 bits per heavy atom. The van der Waals surface area contributed by atoms with E-state index >= 15 is 0 Å². The van der Waals surface area contributed by atoms with Crippen molar-refractivity contribution in [2.24, 2.45) is 0 Å². The van der Waals surface area contributed by atoms with Crippen molar-refractivity contribution in [1.82, 2.24) is 15.1 Å². The third-order valence-corrected chi connectivity index (χ3v) is 5.79. The van der Waals surface area contributed by atoms with E-state index in [1.54, 1.807) is 0 Å². The first kappa shape index (κ1) is 19.7. The van der Waals surface area contributed by atoms with Crippen molar-refractivity contribution in [2.75, 3.05) is 27.2 Å². The SMILES string of the molecule is CC(NC(=O)N(C)C1CCN(C)CC1)c1cccc(Cl)c1-c1ccccc1. The first-order valence-electron chi connectivity index (χ1n) is 9.53. The molecule has 3 rings (SSSR count). The molecule has 2 aromatic rings. The molecule has 0 bridgehead atoms. The fraction of sp³-hybridized carbons (Fsp3) is 0.409. The minimum Gasteiger partial charge on any atom is -0.331 e. The smallest absolute Gasteiger partial charge is 0.317 e. The van der Waals surface area contributed by atoms with Crippen molar-refractivity contribution in [3.63, 3.8) is 0 Å². The molecular weight excluding hydrogens is 358 g/mol. The maximum atomic E-state index is 12.8. The molecule has 1 fully saturated rings. The quantitative estimate of drug-likeness (QED) is 0.820. The molecule has 0 aromatic heterocycles. The molecule has 0 spiro atoms. The van der Waals surface area contributed by atoms with E-state index in [1.807, 2.05) is 67.4 Å². The zero-order valence-electron chi connectivity index (χ0n) is 16.3. The molecule has 2 aromatic carbocycles. The standard InChI is InChI=1S/C22H28ClN3O/c1-16(24-22(27)26(3)18-12-14-25(2)15-13-18)19-10-7-11-20(23)21(19)17-8-5-4-6-9-17/h4-11,16,18H,12-15H2,1-3H3,(H,24,27). The third-order valence-electron chi connectivity index (χ3n) is 5.47. The van der Waals surface area contributed by atoms with Gasteiger partial charge in [-0.3, -0.25) is 0 Å². The predicted molar refractivity (Wildman–Crippen MR) is 112 cm³/mol. The summed E-state index contributed by atoms with van der Waals surface area (Å²) in [5.41, 5.74) is 3.07. The van der Waals surface area contributed by atoms with Crippen molar-refractivity contribution in [3.8, 4) is 11.1 Å². The number of nitrogens with one attached hydrogen (secondary N) is 1. The van der Waals surface area contributed by atoms with Crippen molar-refractivity contribution in [1.29, 1.82) is 0 Å². The minimum atomic E-state index is -0.139. The van der Waals surface area contributed by atoms with E-state index in [1.165, 1.54) is 0 Å². The Labute approximate surface area is 167 Å². The van der Waals surface area contributed by atoms with Gasteiger partial charge in [-0.05, 0) is 57.1 Å². The second-order valence-corrected chi connectivity index (χ2v) is 7.79. The number of piperidine rings is 1. The Balaban J connectivity index is 1.75. The summed E-state index contributed by atoms with van der Waals surface area (Å²) < 4.78 is 0. The maximum absolute atomic E-state index is 12.8. The number of carbonyl (C=O) groups excluding carboxylic acids is 1. The van der Waals surface area contributed by atoms with Crippen LogP contribution in [0.4, 0.5) is 4.79 Å². The molecule has 1 heterocycles. The zero-order valence-corrected chi connectivity index (χ0v) is 17.0. The normalized spacial score (nSPS) is 16.7. The van der Waals surface area contributed by atoms with Crippen LogP contribution in [0.2, 0.25) is 5.02 Å². The molecule has 0 saturated carbocycles. The van der Waals surface area contributed by atoms with Crippen LogP contribution in [0.3, 0.4) is 0 Å². The number of likely N-dealkylation sites (tertiary alicyclic amines) is 1. The third kappa shape index (κ3) is 4.63. The molecule has 1 unspecified atom stereocenters. The van der Waals surface area contributed by atoms with Crippen LogP contribution in [0.15, 0.2) is 48.5 Å². The van der Waals surface area contributed by atoms with Gasteiger partial charge in [-0.25, -0.2) is 4.79 Å². The first-order valence-corrected chi connectivity index (χ1v) is 9.91. The van der Waals surface area contributed by atoms with Gasteiger partial charge in [0.05, 0.1) is 6.04 Å². The summed E-state index contributed by atoms with van der Waals surface area (Å²) in [4.78, 5) is 17.0. The lowest BCUT2D eigenvalue weighted by Gasteiger charge is -2.35. The van der Waals surface area contributed by atoms with Gasteiger partial charge >= 0.3 is 6.03 Å². The Hall–Kier alpha value is -2.04. The molecule has 1 atom stereocenters. The van der Waals surface area contributed by atoms with Gasteiger partial charge in [0, 0.05) is 23.7 Å². The molecule has 5 heteroatoms. The highest BCUT2D eigenvalue weighted by Crippen LogP contribution is 2.34. The van der Waals surface area contributed by atoms with Gasteiger partial charge in [0.2, 0.25) is 0 Å². The van der Waals surface area contributed by atoms with Crippen LogP contribution in [0.5, 0.6) is 0 Å². The van der Waals surface area contributed by atoms with E-state index in [0.29, 0.717) is 11.1 Å². The lowest BCUT2D eigenvalue weighted by molar-refractivity contribution is 0.146. The number of carbonyl (C=O) groups is 1. The van der Waals surface area contributed by atoms with Crippen molar-refractivity contribution in [3.05, 3.63) is 59.1 Å². The zero-order chi connectivity index (χ0) is 19.4. The average molecular weight is 386 g/mol. The number of hydrogen-bond acceptors (Lipinski definition) is 2. The van der Waals surface area contributed by atoms with Crippen LogP contribution < -0.4 is 5.32 Å². The van der Waals surface area contributed by atoms with Gasteiger partial charge in [-0.15, -0.1) is 0 Å². The number of benzene rings is 2. The predicted octanol–water partition coefficient (Wildman–Crippen LogP) is 4.80. The molecule has 144 valence electrons. The van der Waals surface area contributed by atoms with Gasteiger partial charge in [-0.2, -0.15) is 0 Å². The lowest BCUT2D eigenvalue weighted by Crippen LogP contribution is -2.48. The average Bonchev–Trinajstić information content (AvgIpc) is 2.68. The molecule has 4 nitrogen and oxygen atoms in total. The van der Waals surface area contributed by atoms with Gasteiger partial charge in [0.25, 0.3) is 0 Å². The first-order chi connectivity index (χ1) is 13.0. The summed E-state index contributed by atoms with van der Waals surface area (Å²) in [6.07, 6.45) is 2.03. The van der Waals surface area contributed by atoms with Gasteiger partial charge in [0.1, 0.15) is 0 Å². The second kappa shape index (κ2) is 8.77. The molecule has 1 aliphatic heterocycles. The van der Waals surface area contributed by atoms with E-state index in [9.17, 15) is 4.79 Å². The van der Waals surface area contributed by atoms with E-state index < -0.39 is 0 Å². The van der Waals surface area contributed by atoms with E-state index in [4.69, 9.17) is 11.6 Å². The maximum Gasteiger partial charge on any atom is 0.317 e. The fourth-order valence-corrected chi connectivity index (χ4v) is 4.01. The highest BCUT2D eigenvalue weighted by atomic mass is 35.5. The van der Waals surface area contributed by atoms with Crippen LogP contribution >= 0.6 is 11.6 Å². The van der Waals surface area contributed by atoms with Crippen molar-refractivity contribution >= 4 is 17.6 Å². The number of halogens is 1. The second-order valence-electron chi connectivity index (χ2n) is 7.39. The highest BCUT2D eigenvalue weighted by molar-refractivity contribution is 6.33. The molecule has 27 heavy (non-hydrogen) atoms. The molecule has 0 aliphatic carbocycles. The molecule has 1 aliphatic rings. The largest absolute Gasteiger partial charge is 0.331 e. The summed E-state index contributed by atoms with van der Waals surface area (Å²) in [5.74, 6) is 0. The Morgan fingerprint density at radius 1 is 1.15 bits per heavy atom. The minimum absolute atomic E-state index is 0.0314. The molecular formula is C22H28ClN3O. The van der Waals surface area contributed by atoms with Gasteiger partial charge < -0.3 is 15.1 Å². The Bertz CT molecular complexity index is 772. The number of hydrogen-bond donors (Lipinski definition) is 1. The Morgan fingerprint density at radius 2 is 1.81 bits per heavy atom. The summed E-state index contributed by atoms with van der Waals surface area (Å²) in [7, 11) is 4.02.